The molecular weight excluding hydrogens is 280 g/mol. The van der Waals surface area contributed by atoms with E-state index in [9.17, 15) is 4.79 Å². The summed E-state index contributed by atoms with van der Waals surface area (Å²) in [5.41, 5.74) is 4.46. The maximum Gasteiger partial charge on any atom is 0.235 e. The second-order valence-corrected chi connectivity index (χ2v) is 6.67. The highest BCUT2D eigenvalue weighted by Gasteiger charge is 2.38. The quantitative estimate of drug-likeness (QED) is 0.742. The van der Waals surface area contributed by atoms with E-state index in [0.717, 1.165) is 29.8 Å². The van der Waals surface area contributed by atoms with E-state index >= 15 is 0 Å². The van der Waals surface area contributed by atoms with E-state index in [1.165, 1.54) is 18.4 Å². The zero-order valence-electron chi connectivity index (χ0n) is 13.0. The van der Waals surface area contributed by atoms with Gasteiger partial charge in [0.1, 0.15) is 0 Å². The van der Waals surface area contributed by atoms with Crippen LogP contribution in [0.5, 0.6) is 0 Å². The summed E-state index contributed by atoms with van der Waals surface area (Å²) in [5.74, 6) is 0.151. The van der Waals surface area contributed by atoms with Crippen LogP contribution in [0.2, 0.25) is 0 Å². The maximum absolute atomic E-state index is 12.7. The highest BCUT2D eigenvalue weighted by molar-refractivity contribution is 7.80. The van der Waals surface area contributed by atoms with Crippen molar-refractivity contribution >= 4 is 28.9 Å². The molecule has 1 aromatic carbocycles. The number of carbonyl (C=O) groups is 1. The molecule has 1 aromatic rings. The molecule has 2 fully saturated rings. The third-order valence-corrected chi connectivity index (χ3v) is 5.00. The summed E-state index contributed by atoms with van der Waals surface area (Å²) in [5, 5.41) is 0.700. The van der Waals surface area contributed by atoms with Gasteiger partial charge in [0.2, 0.25) is 5.91 Å². The van der Waals surface area contributed by atoms with Crippen molar-refractivity contribution in [2.45, 2.75) is 52.5 Å². The van der Waals surface area contributed by atoms with Crippen molar-refractivity contribution in [1.29, 1.82) is 0 Å². The van der Waals surface area contributed by atoms with Gasteiger partial charge in [0.05, 0.1) is 5.69 Å². The maximum atomic E-state index is 12.7. The summed E-state index contributed by atoms with van der Waals surface area (Å²) >= 11 is 5.67. The molecule has 2 aliphatic rings. The van der Waals surface area contributed by atoms with E-state index in [2.05, 4.69) is 37.8 Å². The molecule has 0 aromatic heterocycles. The third kappa shape index (κ3) is 2.46. The first kappa shape index (κ1) is 14.5. The number of amides is 1. The van der Waals surface area contributed by atoms with Gasteiger partial charge >= 0.3 is 0 Å². The van der Waals surface area contributed by atoms with Crippen molar-refractivity contribution in [2.24, 2.45) is 0 Å². The number of thiocarbonyl (C=S) groups is 1. The van der Waals surface area contributed by atoms with Crippen molar-refractivity contribution in [3.05, 3.63) is 28.8 Å². The Morgan fingerprint density at radius 2 is 1.81 bits per heavy atom. The lowest BCUT2D eigenvalue weighted by Gasteiger charge is -2.45. The van der Waals surface area contributed by atoms with Gasteiger partial charge < -0.3 is 4.90 Å². The highest BCUT2D eigenvalue weighted by Crippen LogP contribution is 2.33. The van der Waals surface area contributed by atoms with Crippen LogP contribution in [-0.2, 0) is 4.79 Å². The van der Waals surface area contributed by atoms with E-state index in [1.807, 2.05) is 0 Å². The minimum atomic E-state index is 0.151. The van der Waals surface area contributed by atoms with E-state index in [0.29, 0.717) is 17.6 Å². The van der Waals surface area contributed by atoms with Crippen LogP contribution in [0.1, 0.15) is 42.4 Å². The topological polar surface area (TPSA) is 23.6 Å². The molecule has 0 aliphatic carbocycles. The number of benzene rings is 1. The van der Waals surface area contributed by atoms with Crippen LogP contribution in [0.15, 0.2) is 12.1 Å². The SMILES string of the molecule is Cc1cc(C)c(N2C(=O)CC3CCCCN3C2=S)c(C)c1. The van der Waals surface area contributed by atoms with E-state index in [-0.39, 0.29) is 5.91 Å². The fraction of sp³-hybridized carbons (Fsp3) is 0.529. The molecule has 0 bridgehead atoms. The summed E-state index contributed by atoms with van der Waals surface area (Å²) in [7, 11) is 0. The zero-order valence-corrected chi connectivity index (χ0v) is 13.8. The van der Waals surface area contributed by atoms with Gasteiger partial charge in [-0.1, -0.05) is 17.7 Å². The molecule has 112 valence electrons. The Morgan fingerprint density at radius 3 is 2.48 bits per heavy atom. The van der Waals surface area contributed by atoms with Gasteiger partial charge in [0.15, 0.2) is 5.11 Å². The molecule has 2 aliphatic heterocycles. The fourth-order valence-electron chi connectivity index (χ4n) is 3.74. The lowest BCUT2D eigenvalue weighted by Crippen LogP contribution is -2.58. The van der Waals surface area contributed by atoms with Crippen LogP contribution in [-0.4, -0.2) is 28.5 Å². The highest BCUT2D eigenvalue weighted by atomic mass is 32.1. The summed E-state index contributed by atoms with van der Waals surface area (Å²) in [4.78, 5) is 16.7. The molecule has 1 unspecified atom stereocenters. The van der Waals surface area contributed by atoms with Crippen molar-refractivity contribution in [3.63, 3.8) is 0 Å². The second-order valence-electron chi connectivity index (χ2n) is 6.31. The van der Waals surface area contributed by atoms with Gasteiger partial charge in [0, 0.05) is 19.0 Å². The van der Waals surface area contributed by atoms with Gasteiger partial charge in [-0.2, -0.15) is 0 Å². The summed E-state index contributed by atoms with van der Waals surface area (Å²) < 4.78 is 0. The second kappa shape index (κ2) is 5.41. The van der Waals surface area contributed by atoms with Gasteiger partial charge in [0.25, 0.3) is 0 Å². The van der Waals surface area contributed by atoms with Crippen molar-refractivity contribution in [3.8, 4) is 0 Å². The van der Waals surface area contributed by atoms with Crippen LogP contribution in [0.25, 0.3) is 0 Å². The van der Waals surface area contributed by atoms with Crippen molar-refractivity contribution in [1.82, 2.24) is 4.90 Å². The molecule has 0 radical (unpaired) electrons. The minimum absolute atomic E-state index is 0.151. The summed E-state index contributed by atoms with van der Waals surface area (Å²) in [6, 6.07) is 4.57. The first-order chi connectivity index (χ1) is 9.99. The number of carbonyl (C=O) groups excluding carboxylic acids is 1. The fourth-order valence-corrected chi connectivity index (χ4v) is 4.17. The molecule has 21 heavy (non-hydrogen) atoms. The Kier molecular flexibility index (Phi) is 3.74. The monoisotopic (exact) mass is 302 g/mol. The molecule has 0 spiro atoms. The predicted molar refractivity (Wildman–Crippen MR) is 89.7 cm³/mol. The first-order valence-electron chi connectivity index (χ1n) is 7.70. The third-order valence-electron chi connectivity index (χ3n) is 4.58. The van der Waals surface area contributed by atoms with Gasteiger partial charge in [-0.25, -0.2) is 0 Å². The van der Waals surface area contributed by atoms with Crippen LogP contribution in [0.4, 0.5) is 5.69 Å². The Hall–Kier alpha value is -1.42. The average Bonchev–Trinajstić information content (AvgIpc) is 2.41. The van der Waals surface area contributed by atoms with Crippen LogP contribution in [0.3, 0.4) is 0 Å². The number of hydrogen-bond acceptors (Lipinski definition) is 2. The molecule has 2 heterocycles. The molecule has 0 saturated carbocycles. The molecule has 4 heteroatoms. The minimum Gasteiger partial charge on any atom is -0.345 e. The zero-order chi connectivity index (χ0) is 15.1. The number of fused-ring (bicyclic) bond motifs is 1. The van der Waals surface area contributed by atoms with Crippen molar-refractivity contribution < 1.29 is 4.79 Å². The molecule has 1 atom stereocenters. The number of rotatable bonds is 1. The lowest BCUT2D eigenvalue weighted by atomic mass is 9.96. The van der Waals surface area contributed by atoms with Crippen molar-refractivity contribution in [2.75, 3.05) is 11.4 Å². The van der Waals surface area contributed by atoms with E-state index in [4.69, 9.17) is 12.2 Å². The molecule has 3 rings (SSSR count). The largest absolute Gasteiger partial charge is 0.345 e. The normalized spacial score (nSPS) is 22.5. The number of hydrogen-bond donors (Lipinski definition) is 0. The average molecular weight is 302 g/mol. The number of nitrogens with zero attached hydrogens (tertiary/aromatic N) is 2. The number of piperidine rings is 1. The van der Waals surface area contributed by atoms with Gasteiger partial charge in [-0.3, -0.25) is 9.69 Å². The number of anilines is 1. The van der Waals surface area contributed by atoms with E-state index < -0.39 is 0 Å². The number of aryl methyl sites for hydroxylation is 3. The summed E-state index contributed by atoms with van der Waals surface area (Å²) in [6.07, 6.45) is 4.06. The Labute approximate surface area is 131 Å². The molecule has 3 nitrogen and oxygen atoms in total. The first-order valence-corrected chi connectivity index (χ1v) is 8.11. The Morgan fingerprint density at radius 1 is 1.14 bits per heavy atom. The van der Waals surface area contributed by atoms with Gasteiger partial charge in [-0.05, 0) is 63.4 Å². The Balaban J connectivity index is 2.02. The van der Waals surface area contributed by atoms with Gasteiger partial charge in [-0.15, -0.1) is 0 Å². The van der Waals surface area contributed by atoms with E-state index in [1.54, 1.807) is 4.90 Å². The molecule has 0 N–H and O–H groups in total. The molecule has 1 amide bonds. The molecular formula is C17H22N2OS. The Bertz CT molecular complexity index is 588. The van der Waals surface area contributed by atoms with Crippen LogP contribution in [0, 0.1) is 20.8 Å². The lowest BCUT2D eigenvalue weighted by molar-refractivity contribution is -0.120. The smallest absolute Gasteiger partial charge is 0.235 e. The van der Waals surface area contributed by atoms with Crippen LogP contribution < -0.4 is 4.90 Å². The molecule has 2 saturated heterocycles. The summed E-state index contributed by atoms with van der Waals surface area (Å²) in [6.45, 7) is 7.19. The predicted octanol–water partition coefficient (Wildman–Crippen LogP) is 3.49. The van der Waals surface area contributed by atoms with Crippen LogP contribution >= 0.6 is 12.2 Å². The standard InChI is InChI=1S/C17H22N2OS/c1-11-8-12(2)16(13(3)9-11)19-15(20)10-14-6-4-5-7-18(14)17(19)21/h8-9,14H,4-7,10H2,1-3H3.